The molecule has 0 bridgehead atoms. The summed E-state index contributed by atoms with van der Waals surface area (Å²) in [5, 5.41) is 14.0. The SMILES string of the molecule is CC(C)Oc1nn(-c2ccc(Cl)cc2)c(N)c1C#N. The Balaban J connectivity index is 2.50. The minimum absolute atomic E-state index is 0.0833. The smallest absolute Gasteiger partial charge is 0.253 e. The number of nitrogen functional groups attached to an aromatic ring is 1. The fourth-order valence-corrected chi connectivity index (χ4v) is 1.73. The third-order valence-electron chi connectivity index (χ3n) is 2.42. The van der Waals surface area contributed by atoms with E-state index < -0.39 is 0 Å². The zero-order valence-corrected chi connectivity index (χ0v) is 11.3. The van der Waals surface area contributed by atoms with E-state index in [1.54, 1.807) is 24.3 Å². The maximum atomic E-state index is 9.13. The molecule has 1 aromatic heterocycles. The van der Waals surface area contributed by atoms with Gasteiger partial charge in [-0.15, -0.1) is 5.10 Å². The van der Waals surface area contributed by atoms with Gasteiger partial charge in [-0.1, -0.05) is 11.6 Å². The quantitative estimate of drug-likeness (QED) is 0.935. The number of hydrogen-bond acceptors (Lipinski definition) is 4. The largest absolute Gasteiger partial charge is 0.473 e. The third kappa shape index (κ3) is 2.64. The summed E-state index contributed by atoms with van der Waals surface area (Å²) in [6, 6.07) is 9.01. The number of nitriles is 1. The summed E-state index contributed by atoms with van der Waals surface area (Å²) >= 11 is 5.83. The molecule has 5 nitrogen and oxygen atoms in total. The summed E-state index contributed by atoms with van der Waals surface area (Å²) in [5.41, 5.74) is 6.88. The molecule has 2 aromatic rings. The predicted molar refractivity (Wildman–Crippen MR) is 73.5 cm³/mol. The maximum absolute atomic E-state index is 9.13. The number of benzene rings is 1. The van der Waals surface area contributed by atoms with Crippen LogP contribution in [-0.4, -0.2) is 15.9 Å². The molecular formula is C13H13ClN4O. The summed E-state index contributed by atoms with van der Waals surface area (Å²) in [4.78, 5) is 0. The van der Waals surface area contributed by atoms with Crippen molar-refractivity contribution >= 4 is 17.4 Å². The van der Waals surface area contributed by atoms with Crippen LogP contribution in [-0.2, 0) is 0 Å². The Morgan fingerprint density at radius 3 is 2.53 bits per heavy atom. The first-order chi connectivity index (χ1) is 9.02. The normalized spacial score (nSPS) is 10.5. The molecule has 19 heavy (non-hydrogen) atoms. The predicted octanol–water partition coefficient (Wildman–Crippen LogP) is 2.77. The van der Waals surface area contributed by atoms with Crippen LogP contribution in [0, 0.1) is 11.3 Å². The van der Waals surface area contributed by atoms with Gasteiger partial charge in [0.2, 0.25) is 0 Å². The van der Waals surface area contributed by atoms with E-state index in [9.17, 15) is 0 Å². The average Bonchev–Trinajstić information content (AvgIpc) is 2.66. The monoisotopic (exact) mass is 276 g/mol. The minimum atomic E-state index is -0.0833. The van der Waals surface area contributed by atoms with E-state index in [2.05, 4.69) is 5.10 Å². The number of anilines is 1. The Labute approximate surface area is 116 Å². The average molecular weight is 277 g/mol. The van der Waals surface area contributed by atoms with E-state index in [1.807, 2.05) is 19.9 Å². The van der Waals surface area contributed by atoms with Crippen molar-refractivity contribution in [2.24, 2.45) is 0 Å². The van der Waals surface area contributed by atoms with Gasteiger partial charge in [-0.2, -0.15) is 5.26 Å². The molecule has 1 aromatic carbocycles. The number of halogens is 1. The first-order valence-electron chi connectivity index (χ1n) is 5.74. The highest BCUT2D eigenvalue weighted by molar-refractivity contribution is 6.30. The van der Waals surface area contributed by atoms with E-state index in [0.717, 1.165) is 5.69 Å². The Morgan fingerprint density at radius 2 is 2.00 bits per heavy atom. The van der Waals surface area contributed by atoms with Crippen molar-refractivity contribution in [3.8, 4) is 17.6 Å². The zero-order chi connectivity index (χ0) is 14.0. The molecule has 2 rings (SSSR count). The second-order valence-electron chi connectivity index (χ2n) is 4.23. The van der Waals surface area contributed by atoms with Crippen molar-refractivity contribution < 1.29 is 4.74 Å². The van der Waals surface area contributed by atoms with Gasteiger partial charge in [0.1, 0.15) is 11.9 Å². The summed E-state index contributed by atoms with van der Waals surface area (Å²) in [7, 11) is 0. The molecule has 0 aliphatic rings. The molecule has 98 valence electrons. The minimum Gasteiger partial charge on any atom is -0.473 e. The molecule has 0 atom stereocenters. The van der Waals surface area contributed by atoms with Crippen molar-refractivity contribution in [1.82, 2.24) is 9.78 Å². The van der Waals surface area contributed by atoms with Crippen molar-refractivity contribution in [1.29, 1.82) is 5.26 Å². The third-order valence-corrected chi connectivity index (χ3v) is 2.67. The lowest BCUT2D eigenvalue weighted by molar-refractivity contribution is 0.230. The van der Waals surface area contributed by atoms with E-state index in [4.69, 9.17) is 27.3 Å². The van der Waals surface area contributed by atoms with E-state index in [1.165, 1.54) is 4.68 Å². The van der Waals surface area contributed by atoms with Gasteiger partial charge in [-0.3, -0.25) is 0 Å². The number of hydrogen-bond donors (Lipinski definition) is 1. The molecule has 0 fully saturated rings. The van der Waals surface area contributed by atoms with Gasteiger partial charge in [0, 0.05) is 5.02 Å². The summed E-state index contributed by atoms with van der Waals surface area (Å²) < 4.78 is 6.95. The second kappa shape index (κ2) is 5.21. The molecular weight excluding hydrogens is 264 g/mol. The van der Waals surface area contributed by atoms with Crippen LogP contribution in [0.5, 0.6) is 5.88 Å². The van der Waals surface area contributed by atoms with Gasteiger partial charge in [-0.25, -0.2) is 4.68 Å². The van der Waals surface area contributed by atoms with Gasteiger partial charge >= 0.3 is 0 Å². The number of aromatic nitrogens is 2. The summed E-state index contributed by atoms with van der Waals surface area (Å²) in [6.45, 7) is 3.72. The van der Waals surface area contributed by atoms with Crippen molar-refractivity contribution in [3.05, 3.63) is 34.9 Å². The molecule has 2 N–H and O–H groups in total. The molecule has 1 heterocycles. The van der Waals surface area contributed by atoms with E-state index in [-0.39, 0.29) is 23.4 Å². The summed E-state index contributed by atoms with van der Waals surface area (Å²) in [5.74, 6) is 0.491. The van der Waals surface area contributed by atoms with Crippen LogP contribution in [0.25, 0.3) is 5.69 Å². The number of ether oxygens (including phenoxy) is 1. The van der Waals surface area contributed by atoms with Crippen LogP contribution in [0.15, 0.2) is 24.3 Å². The number of nitrogens with two attached hydrogens (primary N) is 1. The Kier molecular flexibility index (Phi) is 3.63. The van der Waals surface area contributed by atoms with Crippen LogP contribution < -0.4 is 10.5 Å². The summed E-state index contributed by atoms with van der Waals surface area (Å²) in [6.07, 6.45) is -0.0833. The van der Waals surface area contributed by atoms with Crippen molar-refractivity contribution in [2.75, 3.05) is 5.73 Å². The highest BCUT2D eigenvalue weighted by Gasteiger charge is 2.18. The first-order valence-corrected chi connectivity index (χ1v) is 6.12. The zero-order valence-electron chi connectivity index (χ0n) is 10.6. The molecule has 0 aliphatic carbocycles. The van der Waals surface area contributed by atoms with Crippen LogP contribution in [0.2, 0.25) is 5.02 Å². The molecule has 0 aliphatic heterocycles. The van der Waals surface area contributed by atoms with Crippen molar-refractivity contribution in [3.63, 3.8) is 0 Å². The van der Waals surface area contributed by atoms with Gasteiger partial charge in [0.25, 0.3) is 5.88 Å². The van der Waals surface area contributed by atoms with Gasteiger partial charge < -0.3 is 10.5 Å². The second-order valence-corrected chi connectivity index (χ2v) is 4.67. The molecule has 0 amide bonds. The van der Waals surface area contributed by atoms with Gasteiger partial charge in [-0.05, 0) is 38.1 Å². The molecule has 6 heteroatoms. The number of rotatable bonds is 3. The molecule has 0 saturated carbocycles. The fourth-order valence-electron chi connectivity index (χ4n) is 1.60. The standard InChI is InChI=1S/C13H13ClN4O/c1-8(2)19-13-11(7-15)12(16)18(17-13)10-5-3-9(14)4-6-10/h3-6,8H,16H2,1-2H3. The van der Waals surface area contributed by atoms with Crippen molar-refractivity contribution in [2.45, 2.75) is 20.0 Å². The molecule has 0 radical (unpaired) electrons. The molecule has 0 spiro atoms. The van der Waals surface area contributed by atoms with Gasteiger partial charge in [0.15, 0.2) is 5.56 Å². The van der Waals surface area contributed by atoms with E-state index in [0.29, 0.717) is 5.02 Å². The van der Waals surface area contributed by atoms with Crippen LogP contribution in [0.1, 0.15) is 19.4 Å². The van der Waals surface area contributed by atoms with Crippen LogP contribution in [0.4, 0.5) is 5.82 Å². The van der Waals surface area contributed by atoms with Crippen LogP contribution in [0.3, 0.4) is 0 Å². The van der Waals surface area contributed by atoms with Gasteiger partial charge in [0.05, 0.1) is 11.8 Å². The van der Waals surface area contributed by atoms with Crippen LogP contribution >= 0.6 is 11.6 Å². The molecule has 0 unspecified atom stereocenters. The lowest BCUT2D eigenvalue weighted by Gasteiger charge is -2.05. The highest BCUT2D eigenvalue weighted by atomic mass is 35.5. The Bertz CT molecular complexity index is 625. The Morgan fingerprint density at radius 1 is 1.37 bits per heavy atom. The number of nitrogens with zero attached hydrogens (tertiary/aromatic N) is 3. The Hall–Kier alpha value is -2.19. The lowest BCUT2D eigenvalue weighted by atomic mass is 10.3. The highest BCUT2D eigenvalue weighted by Crippen LogP contribution is 2.27. The topological polar surface area (TPSA) is 76.9 Å². The van der Waals surface area contributed by atoms with E-state index >= 15 is 0 Å². The molecule has 0 saturated heterocycles. The fraction of sp³-hybridized carbons (Fsp3) is 0.231. The first kappa shape index (κ1) is 13.2. The lowest BCUT2D eigenvalue weighted by Crippen LogP contribution is -2.07. The maximum Gasteiger partial charge on any atom is 0.253 e.